The molecule has 0 heterocycles. The maximum atomic E-state index is 12.8. The number of anilines is 1. The van der Waals surface area contributed by atoms with E-state index < -0.39 is 10.0 Å². The van der Waals surface area contributed by atoms with Crippen LogP contribution in [0.4, 0.5) is 5.69 Å². The zero-order valence-electron chi connectivity index (χ0n) is 17.3. The van der Waals surface area contributed by atoms with Gasteiger partial charge in [0.1, 0.15) is 18.1 Å². The van der Waals surface area contributed by atoms with Crippen molar-refractivity contribution in [2.75, 3.05) is 31.6 Å². The molecule has 0 aromatic heterocycles. The Bertz CT molecular complexity index is 1100. The normalized spacial score (nSPS) is 10.9. The van der Waals surface area contributed by atoms with Crippen LogP contribution < -0.4 is 19.1 Å². The first-order valence-electron chi connectivity index (χ1n) is 9.61. The van der Waals surface area contributed by atoms with Crippen LogP contribution in [0.15, 0.2) is 83.8 Å². The van der Waals surface area contributed by atoms with Crippen molar-refractivity contribution < 1.29 is 22.7 Å². The Hall–Kier alpha value is -3.52. The molecule has 0 aliphatic carbocycles. The molecule has 3 aromatic rings. The van der Waals surface area contributed by atoms with E-state index in [0.29, 0.717) is 30.2 Å². The minimum atomic E-state index is -3.73. The molecule has 0 aliphatic rings. The van der Waals surface area contributed by atoms with Gasteiger partial charge in [-0.25, -0.2) is 8.42 Å². The lowest BCUT2D eigenvalue weighted by molar-refractivity contribution is 0.0947. The van der Waals surface area contributed by atoms with Crippen LogP contribution in [0.3, 0.4) is 0 Å². The van der Waals surface area contributed by atoms with Crippen molar-refractivity contribution in [1.82, 2.24) is 5.32 Å². The SMILES string of the molecule is COc1ccc(S(=O)(=O)N(C)c2ccc(C(=O)NCCOc3ccccc3)cc2)cc1. The Balaban J connectivity index is 1.58. The largest absolute Gasteiger partial charge is 0.497 e. The second-order valence-corrected chi connectivity index (χ2v) is 8.58. The van der Waals surface area contributed by atoms with Crippen molar-refractivity contribution in [1.29, 1.82) is 0 Å². The van der Waals surface area contributed by atoms with Crippen molar-refractivity contribution >= 4 is 21.6 Å². The van der Waals surface area contributed by atoms with Crippen molar-refractivity contribution in [3.63, 3.8) is 0 Å². The maximum Gasteiger partial charge on any atom is 0.264 e. The Morgan fingerprint density at radius 1 is 0.903 bits per heavy atom. The molecule has 0 aliphatic heterocycles. The summed E-state index contributed by atoms with van der Waals surface area (Å²) in [6.07, 6.45) is 0. The van der Waals surface area contributed by atoms with Crippen molar-refractivity contribution in [2.24, 2.45) is 0 Å². The van der Waals surface area contributed by atoms with Gasteiger partial charge in [-0.2, -0.15) is 0 Å². The number of sulfonamides is 1. The van der Waals surface area contributed by atoms with E-state index in [9.17, 15) is 13.2 Å². The highest BCUT2D eigenvalue weighted by Crippen LogP contribution is 2.24. The van der Waals surface area contributed by atoms with Crippen LogP contribution in [-0.4, -0.2) is 41.6 Å². The predicted octanol–water partition coefficient (Wildman–Crippen LogP) is 3.33. The number of hydrogen-bond donors (Lipinski definition) is 1. The van der Waals surface area contributed by atoms with E-state index in [1.54, 1.807) is 36.4 Å². The quantitative estimate of drug-likeness (QED) is 0.516. The molecule has 0 bridgehead atoms. The molecule has 31 heavy (non-hydrogen) atoms. The highest BCUT2D eigenvalue weighted by Gasteiger charge is 2.21. The van der Waals surface area contributed by atoms with Gasteiger partial charge in [0.25, 0.3) is 15.9 Å². The van der Waals surface area contributed by atoms with Gasteiger partial charge in [0.2, 0.25) is 0 Å². The lowest BCUT2D eigenvalue weighted by Crippen LogP contribution is -2.28. The summed E-state index contributed by atoms with van der Waals surface area (Å²) in [5, 5.41) is 2.78. The molecule has 0 fully saturated rings. The first-order valence-corrected chi connectivity index (χ1v) is 11.0. The third-order valence-corrected chi connectivity index (χ3v) is 6.41. The number of ether oxygens (including phenoxy) is 2. The molecule has 3 aromatic carbocycles. The summed E-state index contributed by atoms with van der Waals surface area (Å²) in [5.74, 6) is 1.05. The summed E-state index contributed by atoms with van der Waals surface area (Å²) in [5.41, 5.74) is 0.874. The minimum absolute atomic E-state index is 0.149. The zero-order chi connectivity index (χ0) is 22.3. The molecule has 162 valence electrons. The molecule has 0 spiro atoms. The Kier molecular flexibility index (Phi) is 7.15. The highest BCUT2D eigenvalue weighted by atomic mass is 32.2. The molecule has 8 heteroatoms. The Morgan fingerprint density at radius 3 is 2.16 bits per heavy atom. The highest BCUT2D eigenvalue weighted by molar-refractivity contribution is 7.92. The van der Waals surface area contributed by atoms with Gasteiger partial charge in [-0.15, -0.1) is 0 Å². The van der Waals surface area contributed by atoms with E-state index in [2.05, 4.69) is 5.32 Å². The smallest absolute Gasteiger partial charge is 0.264 e. The third-order valence-electron chi connectivity index (χ3n) is 4.61. The number of nitrogens with one attached hydrogen (secondary N) is 1. The van der Waals surface area contributed by atoms with Crippen LogP contribution in [0, 0.1) is 0 Å². The van der Waals surface area contributed by atoms with E-state index >= 15 is 0 Å². The van der Waals surface area contributed by atoms with Crippen molar-refractivity contribution in [3.05, 3.63) is 84.4 Å². The molecular formula is C23H24N2O5S. The van der Waals surface area contributed by atoms with Gasteiger partial charge >= 0.3 is 0 Å². The Morgan fingerprint density at radius 2 is 1.55 bits per heavy atom. The first-order chi connectivity index (χ1) is 14.9. The van der Waals surface area contributed by atoms with E-state index in [4.69, 9.17) is 9.47 Å². The molecule has 1 amide bonds. The number of carbonyl (C=O) groups is 1. The van der Waals surface area contributed by atoms with Crippen LogP contribution in [0.2, 0.25) is 0 Å². The second kappa shape index (κ2) is 9.99. The van der Waals surface area contributed by atoms with E-state index in [-0.39, 0.29) is 10.8 Å². The van der Waals surface area contributed by atoms with Gasteiger partial charge in [0, 0.05) is 12.6 Å². The summed E-state index contributed by atoms with van der Waals surface area (Å²) in [6, 6.07) is 21.9. The van der Waals surface area contributed by atoms with Crippen molar-refractivity contribution in [3.8, 4) is 11.5 Å². The topological polar surface area (TPSA) is 84.9 Å². The van der Waals surface area contributed by atoms with Gasteiger partial charge in [-0.1, -0.05) is 18.2 Å². The maximum absolute atomic E-state index is 12.8. The molecule has 0 atom stereocenters. The zero-order valence-corrected chi connectivity index (χ0v) is 18.1. The molecule has 0 saturated carbocycles. The van der Waals surface area contributed by atoms with Crippen LogP contribution in [0.25, 0.3) is 0 Å². The fourth-order valence-corrected chi connectivity index (χ4v) is 4.02. The van der Waals surface area contributed by atoms with Crippen LogP contribution in [0.5, 0.6) is 11.5 Å². The fourth-order valence-electron chi connectivity index (χ4n) is 2.82. The fraction of sp³-hybridized carbons (Fsp3) is 0.174. The minimum Gasteiger partial charge on any atom is -0.497 e. The average Bonchev–Trinajstić information content (AvgIpc) is 2.82. The van der Waals surface area contributed by atoms with E-state index in [1.165, 1.54) is 30.6 Å². The molecule has 0 saturated heterocycles. The number of carbonyl (C=O) groups excluding carboxylic acids is 1. The number of rotatable bonds is 9. The first kappa shape index (κ1) is 22.2. The molecule has 0 unspecified atom stereocenters. The van der Waals surface area contributed by atoms with Gasteiger partial charge < -0.3 is 14.8 Å². The number of methoxy groups -OCH3 is 1. The second-order valence-electron chi connectivity index (χ2n) is 6.61. The lowest BCUT2D eigenvalue weighted by atomic mass is 10.2. The number of nitrogens with zero attached hydrogens (tertiary/aromatic N) is 1. The lowest BCUT2D eigenvalue weighted by Gasteiger charge is -2.20. The van der Waals surface area contributed by atoms with Crippen molar-refractivity contribution in [2.45, 2.75) is 4.90 Å². The standard InChI is InChI=1S/C23H24N2O5S/c1-25(31(27,28)22-14-12-20(29-2)13-15-22)19-10-8-18(9-11-19)23(26)24-16-17-30-21-6-4-3-5-7-21/h3-15H,16-17H2,1-2H3,(H,24,26). The summed E-state index contributed by atoms with van der Waals surface area (Å²) in [6.45, 7) is 0.692. The molecule has 0 radical (unpaired) electrons. The summed E-state index contributed by atoms with van der Waals surface area (Å²) in [7, 11) is -0.748. The van der Waals surface area contributed by atoms with E-state index in [1.807, 2.05) is 30.3 Å². The van der Waals surface area contributed by atoms with Crippen LogP contribution in [0.1, 0.15) is 10.4 Å². The average molecular weight is 441 g/mol. The molecule has 3 rings (SSSR count). The third kappa shape index (κ3) is 5.55. The Labute approximate surface area is 182 Å². The molecule has 7 nitrogen and oxygen atoms in total. The van der Waals surface area contributed by atoms with E-state index in [0.717, 1.165) is 5.75 Å². The van der Waals surface area contributed by atoms with Crippen LogP contribution >= 0.6 is 0 Å². The number of para-hydroxylation sites is 1. The predicted molar refractivity (Wildman–Crippen MR) is 119 cm³/mol. The van der Waals surface area contributed by atoms with Crippen LogP contribution in [-0.2, 0) is 10.0 Å². The number of hydrogen-bond acceptors (Lipinski definition) is 5. The van der Waals surface area contributed by atoms with Gasteiger partial charge in [0.15, 0.2) is 0 Å². The molecular weight excluding hydrogens is 416 g/mol. The van der Waals surface area contributed by atoms with Gasteiger partial charge in [-0.3, -0.25) is 9.10 Å². The van der Waals surface area contributed by atoms with Gasteiger partial charge in [0.05, 0.1) is 24.2 Å². The summed E-state index contributed by atoms with van der Waals surface area (Å²) < 4.78 is 37.4. The summed E-state index contributed by atoms with van der Waals surface area (Å²) >= 11 is 0. The number of amides is 1. The molecule has 1 N–H and O–H groups in total. The number of benzene rings is 3. The van der Waals surface area contributed by atoms with Gasteiger partial charge in [-0.05, 0) is 60.7 Å². The summed E-state index contributed by atoms with van der Waals surface area (Å²) in [4.78, 5) is 12.5. The monoisotopic (exact) mass is 440 g/mol.